The van der Waals surface area contributed by atoms with E-state index in [0.717, 1.165) is 6.54 Å². The second kappa shape index (κ2) is 7.67. The van der Waals surface area contributed by atoms with Gasteiger partial charge in [-0.2, -0.15) is 0 Å². The first-order valence-corrected chi connectivity index (χ1v) is 6.84. The molecule has 1 aliphatic carbocycles. The highest BCUT2D eigenvalue weighted by Gasteiger charge is 2.24. The molecular formula is C13H27N3O. The van der Waals surface area contributed by atoms with Crippen LogP contribution in [0.5, 0.6) is 0 Å². The van der Waals surface area contributed by atoms with Crippen molar-refractivity contribution in [2.24, 2.45) is 11.7 Å². The van der Waals surface area contributed by atoms with Crippen LogP contribution in [0, 0.1) is 5.92 Å². The summed E-state index contributed by atoms with van der Waals surface area (Å²) in [6, 6.07) is 0.612. The molecule has 0 aliphatic heterocycles. The Hall–Kier alpha value is -0.610. The zero-order valence-corrected chi connectivity index (χ0v) is 11.2. The molecule has 1 amide bonds. The zero-order chi connectivity index (χ0) is 12.7. The molecule has 1 aliphatic rings. The average Bonchev–Trinajstić information content (AvgIpc) is 2.78. The minimum absolute atomic E-state index is 0.114. The van der Waals surface area contributed by atoms with Crippen molar-refractivity contribution in [2.75, 3.05) is 26.2 Å². The van der Waals surface area contributed by atoms with Crippen molar-refractivity contribution in [1.29, 1.82) is 0 Å². The van der Waals surface area contributed by atoms with Crippen molar-refractivity contribution in [3.05, 3.63) is 0 Å². The topological polar surface area (TPSA) is 58.4 Å². The van der Waals surface area contributed by atoms with E-state index in [-0.39, 0.29) is 5.91 Å². The van der Waals surface area contributed by atoms with Crippen LogP contribution in [0.1, 0.15) is 39.5 Å². The van der Waals surface area contributed by atoms with E-state index < -0.39 is 0 Å². The number of nitrogens with zero attached hydrogens (tertiary/aromatic N) is 1. The van der Waals surface area contributed by atoms with Crippen molar-refractivity contribution in [3.63, 3.8) is 0 Å². The molecule has 1 saturated carbocycles. The number of carbonyl (C=O) groups is 1. The summed E-state index contributed by atoms with van der Waals surface area (Å²) in [6.07, 6.45) is 5.11. The molecule has 0 bridgehead atoms. The molecule has 0 spiro atoms. The third-order valence-electron chi connectivity index (χ3n) is 3.25. The van der Waals surface area contributed by atoms with E-state index in [0.29, 0.717) is 31.6 Å². The predicted molar refractivity (Wildman–Crippen MR) is 70.7 cm³/mol. The zero-order valence-electron chi connectivity index (χ0n) is 11.2. The summed E-state index contributed by atoms with van der Waals surface area (Å²) in [5, 5.41) is 2.85. The first kappa shape index (κ1) is 14.5. The molecule has 0 atom stereocenters. The van der Waals surface area contributed by atoms with E-state index in [9.17, 15) is 4.79 Å². The Balaban J connectivity index is 2.41. The van der Waals surface area contributed by atoms with Gasteiger partial charge in [0, 0.05) is 25.7 Å². The first-order valence-electron chi connectivity index (χ1n) is 6.84. The van der Waals surface area contributed by atoms with Gasteiger partial charge in [0.1, 0.15) is 0 Å². The molecule has 4 heteroatoms. The number of nitrogens with two attached hydrogens (primary N) is 1. The van der Waals surface area contributed by atoms with E-state index in [1.54, 1.807) is 0 Å². The lowest BCUT2D eigenvalue weighted by Gasteiger charge is -2.29. The Morgan fingerprint density at radius 2 is 2.06 bits per heavy atom. The largest absolute Gasteiger partial charge is 0.354 e. The average molecular weight is 241 g/mol. The second-order valence-electron chi connectivity index (χ2n) is 5.40. The monoisotopic (exact) mass is 241 g/mol. The molecule has 0 aromatic carbocycles. The molecule has 1 fully saturated rings. The van der Waals surface area contributed by atoms with Crippen molar-refractivity contribution >= 4 is 5.91 Å². The molecular weight excluding hydrogens is 214 g/mol. The molecule has 0 radical (unpaired) electrons. The molecule has 0 heterocycles. The Kier molecular flexibility index (Phi) is 6.52. The highest BCUT2D eigenvalue weighted by molar-refractivity contribution is 5.78. The normalized spacial score (nSPS) is 17.0. The number of amides is 1. The Morgan fingerprint density at radius 3 is 2.59 bits per heavy atom. The quantitative estimate of drug-likeness (QED) is 0.698. The maximum Gasteiger partial charge on any atom is 0.234 e. The van der Waals surface area contributed by atoms with Crippen molar-refractivity contribution in [2.45, 2.75) is 45.6 Å². The molecule has 3 N–H and O–H groups in total. The van der Waals surface area contributed by atoms with Crippen LogP contribution in [-0.4, -0.2) is 43.0 Å². The van der Waals surface area contributed by atoms with Crippen LogP contribution in [0.15, 0.2) is 0 Å². The fraction of sp³-hybridized carbons (Fsp3) is 0.923. The minimum atomic E-state index is 0.114. The fourth-order valence-electron chi connectivity index (χ4n) is 2.53. The minimum Gasteiger partial charge on any atom is -0.354 e. The fourth-order valence-corrected chi connectivity index (χ4v) is 2.53. The number of nitrogens with one attached hydrogen (secondary N) is 1. The van der Waals surface area contributed by atoms with Gasteiger partial charge in [0.2, 0.25) is 5.91 Å². The van der Waals surface area contributed by atoms with Gasteiger partial charge in [-0.05, 0) is 18.8 Å². The van der Waals surface area contributed by atoms with E-state index in [4.69, 9.17) is 5.73 Å². The first-order chi connectivity index (χ1) is 8.13. The summed E-state index contributed by atoms with van der Waals surface area (Å²) in [6.45, 7) is 7.06. The van der Waals surface area contributed by atoms with Crippen molar-refractivity contribution in [3.8, 4) is 0 Å². The maximum atomic E-state index is 11.7. The van der Waals surface area contributed by atoms with Crippen LogP contribution in [-0.2, 0) is 4.79 Å². The number of rotatable bonds is 7. The predicted octanol–water partition coefficient (Wildman–Crippen LogP) is 0.962. The third-order valence-corrected chi connectivity index (χ3v) is 3.25. The summed E-state index contributed by atoms with van der Waals surface area (Å²) in [5.74, 6) is 0.723. The lowest BCUT2D eigenvalue weighted by molar-refractivity contribution is -0.122. The van der Waals surface area contributed by atoms with Gasteiger partial charge in [-0.25, -0.2) is 0 Å². The Morgan fingerprint density at radius 1 is 1.41 bits per heavy atom. The summed E-state index contributed by atoms with van der Waals surface area (Å²) < 4.78 is 0. The van der Waals surface area contributed by atoms with E-state index in [1.807, 2.05) is 0 Å². The van der Waals surface area contributed by atoms with Gasteiger partial charge >= 0.3 is 0 Å². The van der Waals surface area contributed by atoms with E-state index in [1.165, 1.54) is 25.7 Å². The van der Waals surface area contributed by atoms with Crippen LogP contribution < -0.4 is 11.1 Å². The van der Waals surface area contributed by atoms with Crippen LogP contribution in [0.25, 0.3) is 0 Å². The molecule has 0 aromatic rings. The highest BCUT2D eigenvalue weighted by Crippen LogP contribution is 2.23. The van der Waals surface area contributed by atoms with Crippen LogP contribution >= 0.6 is 0 Å². The van der Waals surface area contributed by atoms with Gasteiger partial charge < -0.3 is 11.1 Å². The van der Waals surface area contributed by atoms with Gasteiger partial charge in [-0.15, -0.1) is 0 Å². The SMILES string of the molecule is CC(C)CN(CC(=O)NCCN)C1CCCC1. The number of hydrogen-bond donors (Lipinski definition) is 2. The second-order valence-corrected chi connectivity index (χ2v) is 5.40. The van der Waals surface area contributed by atoms with Gasteiger partial charge in [0.05, 0.1) is 6.54 Å². The van der Waals surface area contributed by atoms with Crippen LogP contribution in [0.2, 0.25) is 0 Å². The van der Waals surface area contributed by atoms with Crippen LogP contribution in [0.3, 0.4) is 0 Å². The van der Waals surface area contributed by atoms with Crippen LogP contribution in [0.4, 0.5) is 0 Å². The van der Waals surface area contributed by atoms with Crippen molar-refractivity contribution < 1.29 is 4.79 Å². The summed E-state index contributed by atoms with van der Waals surface area (Å²) in [5.41, 5.74) is 5.38. The maximum absolute atomic E-state index is 11.7. The molecule has 17 heavy (non-hydrogen) atoms. The summed E-state index contributed by atoms with van der Waals surface area (Å²) in [7, 11) is 0. The number of carbonyl (C=O) groups excluding carboxylic acids is 1. The number of hydrogen-bond acceptors (Lipinski definition) is 3. The Labute approximate surface area is 105 Å². The molecule has 1 rings (SSSR count). The lowest BCUT2D eigenvalue weighted by Crippen LogP contribution is -2.44. The van der Waals surface area contributed by atoms with Gasteiger partial charge in [-0.1, -0.05) is 26.7 Å². The molecule has 0 unspecified atom stereocenters. The molecule has 0 saturated heterocycles. The highest BCUT2D eigenvalue weighted by atomic mass is 16.2. The van der Waals surface area contributed by atoms with Gasteiger partial charge in [0.15, 0.2) is 0 Å². The summed E-state index contributed by atoms with van der Waals surface area (Å²) >= 11 is 0. The Bertz CT molecular complexity index is 225. The van der Waals surface area contributed by atoms with Crippen molar-refractivity contribution in [1.82, 2.24) is 10.2 Å². The van der Waals surface area contributed by atoms with Gasteiger partial charge in [-0.3, -0.25) is 9.69 Å². The summed E-state index contributed by atoms with van der Waals surface area (Å²) in [4.78, 5) is 14.1. The van der Waals surface area contributed by atoms with Gasteiger partial charge in [0.25, 0.3) is 0 Å². The lowest BCUT2D eigenvalue weighted by atomic mass is 10.1. The molecule has 0 aromatic heterocycles. The molecule has 100 valence electrons. The smallest absolute Gasteiger partial charge is 0.234 e. The standard InChI is InChI=1S/C13H27N3O/c1-11(2)9-16(12-5-3-4-6-12)10-13(17)15-8-7-14/h11-12H,3-10,14H2,1-2H3,(H,15,17). The third kappa shape index (κ3) is 5.50. The van der Waals surface area contributed by atoms with E-state index >= 15 is 0 Å². The molecule has 4 nitrogen and oxygen atoms in total. The van der Waals surface area contributed by atoms with E-state index in [2.05, 4.69) is 24.1 Å².